The lowest BCUT2D eigenvalue weighted by Gasteiger charge is -2.18. The molecule has 1 saturated heterocycles. The van der Waals surface area contributed by atoms with Crippen LogP contribution in [0.3, 0.4) is 0 Å². The molecular weight excluding hydrogens is 350 g/mol. The SMILES string of the molecule is CC(Cn1nnc2ccccc21)C(=O)NCc1ccccc1CN1CCCC1. The number of carbonyl (C=O) groups excluding carboxylic acids is 1. The van der Waals surface area contributed by atoms with Crippen molar-refractivity contribution in [3.63, 3.8) is 0 Å². The van der Waals surface area contributed by atoms with Crippen LogP contribution >= 0.6 is 0 Å². The zero-order valence-corrected chi connectivity index (χ0v) is 16.3. The fourth-order valence-corrected chi connectivity index (χ4v) is 3.82. The van der Waals surface area contributed by atoms with Gasteiger partial charge in [-0.2, -0.15) is 0 Å². The first-order valence-corrected chi connectivity index (χ1v) is 10.1. The highest BCUT2D eigenvalue weighted by atomic mass is 16.1. The summed E-state index contributed by atoms with van der Waals surface area (Å²) in [6.45, 7) is 6.31. The van der Waals surface area contributed by atoms with E-state index in [-0.39, 0.29) is 11.8 Å². The molecule has 0 spiro atoms. The normalized spacial score (nSPS) is 15.8. The number of hydrogen-bond donors (Lipinski definition) is 1. The molecule has 146 valence electrons. The zero-order chi connectivity index (χ0) is 19.3. The molecule has 1 atom stereocenters. The first kappa shape index (κ1) is 18.6. The highest BCUT2D eigenvalue weighted by Crippen LogP contribution is 2.16. The van der Waals surface area contributed by atoms with Crippen LogP contribution in [0.15, 0.2) is 48.5 Å². The molecule has 1 N–H and O–H groups in total. The summed E-state index contributed by atoms with van der Waals surface area (Å²) in [7, 11) is 0. The van der Waals surface area contributed by atoms with Gasteiger partial charge in [-0.15, -0.1) is 5.10 Å². The summed E-state index contributed by atoms with van der Waals surface area (Å²) >= 11 is 0. The van der Waals surface area contributed by atoms with E-state index in [0.29, 0.717) is 13.1 Å². The number of nitrogens with zero attached hydrogens (tertiary/aromatic N) is 4. The molecule has 2 aromatic carbocycles. The van der Waals surface area contributed by atoms with Crippen LogP contribution in [0.1, 0.15) is 30.9 Å². The van der Waals surface area contributed by atoms with Gasteiger partial charge in [-0.05, 0) is 49.2 Å². The number of fused-ring (bicyclic) bond motifs is 1. The van der Waals surface area contributed by atoms with E-state index >= 15 is 0 Å². The number of para-hydroxylation sites is 1. The van der Waals surface area contributed by atoms with E-state index in [0.717, 1.165) is 17.6 Å². The molecular formula is C22H27N5O. The van der Waals surface area contributed by atoms with E-state index in [1.54, 1.807) is 4.68 Å². The molecule has 2 heterocycles. The van der Waals surface area contributed by atoms with Gasteiger partial charge in [-0.25, -0.2) is 4.68 Å². The van der Waals surface area contributed by atoms with Gasteiger partial charge in [-0.3, -0.25) is 9.69 Å². The van der Waals surface area contributed by atoms with Gasteiger partial charge >= 0.3 is 0 Å². The first-order chi connectivity index (χ1) is 13.7. The summed E-state index contributed by atoms with van der Waals surface area (Å²) in [5.41, 5.74) is 4.31. The average Bonchev–Trinajstić information content (AvgIpc) is 3.37. The van der Waals surface area contributed by atoms with Crippen molar-refractivity contribution in [2.75, 3.05) is 13.1 Å². The second-order valence-corrected chi connectivity index (χ2v) is 7.63. The molecule has 1 fully saturated rings. The predicted octanol–water partition coefficient (Wildman–Crippen LogP) is 2.98. The number of rotatable bonds is 7. The molecule has 1 unspecified atom stereocenters. The fourth-order valence-electron chi connectivity index (χ4n) is 3.82. The van der Waals surface area contributed by atoms with Crippen LogP contribution in [-0.4, -0.2) is 38.9 Å². The van der Waals surface area contributed by atoms with Crippen molar-refractivity contribution >= 4 is 16.9 Å². The van der Waals surface area contributed by atoms with Gasteiger partial charge in [-0.1, -0.05) is 48.5 Å². The topological polar surface area (TPSA) is 63.1 Å². The fraction of sp³-hybridized carbons (Fsp3) is 0.409. The Kier molecular flexibility index (Phi) is 5.67. The molecule has 3 aromatic rings. The number of amides is 1. The summed E-state index contributed by atoms with van der Waals surface area (Å²) in [5, 5.41) is 11.5. The molecule has 0 saturated carbocycles. The maximum Gasteiger partial charge on any atom is 0.224 e. The Labute approximate surface area is 165 Å². The van der Waals surface area contributed by atoms with E-state index < -0.39 is 0 Å². The number of aromatic nitrogens is 3. The third kappa shape index (κ3) is 4.22. The Bertz CT molecular complexity index is 945. The maximum atomic E-state index is 12.7. The lowest BCUT2D eigenvalue weighted by molar-refractivity contribution is -0.125. The number of benzene rings is 2. The van der Waals surface area contributed by atoms with Crippen molar-refractivity contribution in [1.82, 2.24) is 25.2 Å². The maximum absolute atomic E-state index is 12.7. The lowest BCUT2D eigenvalue weighted by Crippen LogP contribution is -2.32. The zero-order valence-electron chi connectivity index (χ0n) is 16.3. The van der Waals surface area contributed by atoms with Crippen molar-refractivity contribution in [2.24, 2.45) is 5.92 Å². The summed E-state index contributed by atoms with van der Waals surface area (Å²) < 4.78 is 1.81. The summed E-state index contributed by atoms with van der Waals surface area (Å²) in [5.74, 6) is -0.147. The minimum atomic E-state index is -0.184. The Hall–Kier alpha value is -2.73. The Morgan fingerprint density at radius 1 is 1.07 bits per heavy atom. The summed E-state index contributed by atoms with van der Waals surface area (Å²) in [4.78, 5) is 15.1. The van der Waals surface area contributed by atoms with Gasteiger partial charge in [0.25, 0.3) is 0 Å². The first-order valence-electron chi connectivity index (χ1n) is 10.1. The van der Waals surface area contributed by atoms with Crippen molar-refractivity contribution < 1.29 is 4.79 Å². The van der Waals surface area contributed by atoms with Crippen LogP contribution in [0.4, 0.5) is 0 Å². The Morgan fingerprint density at radius 2 is 1.79 bits per heavy atom. The second kappa shape index (κ2) is 8.52. The van der Waals surface area contributed by atoms with Gasteiger partial charge in [0.1, 0.15) is 5.52 Å². The Balaban J connectivity index is 1.36. The van der Waals surface area contributed by atoms with E-state index in [9.17, 15) is 4.79 Å². The minimum Gasteiger partial charge on any atom is -0.352 e. The quantitative estimate of drug-likeness (QED) is 0.688. The van der Waals surface area contributed by atoms with Crippen molar-refractivity contribution in [3.05, 3.63) is 59.7 Å². The number of carbonyl (C=O) groups is 1. The van der Waals surface area contributed by atoms with Gasteiger partial charge in [0.05, 0.1) is 18.0 Å². The molecule has 1 aromatic heterocycles. The van der Waals surface area contributed by atoms with E-state index in [1.165, 1.54) is 37.1 Å². The molecule has 1 amide bonds. The van der Waals surface area contributed by atoms with E-state index in [2.05, 4.69) is 38.7 Å². The lowest BCUT2D eigenvalue weighted by atomic mass is 10.1. The molecule has 1 aliphatic heterocycles. The average molecular weight is 377 g/mol. The van der Waals surface area contributed by atoms with Gasteiger partial charge in [0, 0.05) is 13.1 Å². The van der Waals surface area contributed by atoms with Gasteiger partial charge < -0.3 is 5.32 Å². The predicted molar refractivity (Wildman–Crippen MR) is 109 cm³/mol. The van der Waals surface area contributed by atoms with Crippen molar-refractivity contribution in [3.8, 4) is 0 Å². The van der Waals surface area contributed by atoms with Crippen LogP contribution in [0.2, 0.25) is 0 Å². The largest absolute Gasteiger partial charge is 0.352 e. The van der Waals surface area contributed by atoms with E-state index in [4.69, 9.17) is 0 Å². The minimum absolute atomic E-state index is 0.0376. The van der Waals surface area contributed by atoms with Gasteiger partial charge in [0.2, 0.25) is 5.91 Å². The summed E-state index contributed by atoms with van der Waals surface area (Å²) in [6.07, 6.45) is 2.57. The van der Waals surface area contributed by atoms with Crippen LogP contribution in [0.5, 0.6) is 0 Å². The highest BCUT2D eigenvalue weighted by Gasteiger charge is 2.17. The molecule has 6 nitrogen and oxygen atoms in total. The van der Waals surface area contributed by atoms with Crippen LogP contribution in [0.25, 0.3) is 11.0 Å². The van der Waals surface area contributed by atoms with Crippen LogP contribution in [-0.2, 0) is 24.4 Å². The van der Waals surface area contributed by atoms with Gasteiger partial charge in [0.15, 0.2) is 0 Å². The summed E-state index contributed by atoms with van der Waals surface area (Å²) in [6, 6.07) is 16.2. The third-order valence-electron chi connectivity index (χ3n) is 5.48. The molecule has 0 aliphatic carbocycles. The number of likely N-dealkylation sites (tertiary alicyclic amines) is 1. The Morgan fingerprint density at radius 3 is 2.61 bits per heavy atom. The molecule has 0 bridgehead atoms. The standard InChI is InChI=1S/C22H27N5O/c1-17(15-27-21-11-5-4-10-20(21)24-25-27)22(28)23-14-18-8-2-3-9-19(18)16-26-12-6-7-13-26/h2-5,8-11,17H,6-7,12-16H2,1H3,(H,23,28). The van der Waals surface area contributed by atoms with Crippen LogP contribution in [0, 0.1) is 5.92 Å². The molecule has 4 rings (SSSR count). The number of nitrogens with one attached hydrogen (secondary N) is 1. The number of hydrogen-bond acceptors (Lipinski definition) is 4. The monoisotopic (exact) mass is 377 g/mol. The molecule has 6 heteroatoms. The smallest absolute Gasteiger partial charge is 0.224 e. The van der Waals surface area contributed by atoms with Crippen LogP contribution < -0.4 is 5.32 Å². The van der Waals surface area contributed by atoms with E-state index in [1.807, 2.05) is 37.3 Å². The molecule has 28 heavy (non-hydrogen) atoms. The van der Waals surface area contributed by atoms with Crippen molar-refractivity contribution in [2.45, 2.75) is 39.4 Å². The van der Waals surface area contributed by atoms with Crippen molar-refractivity contribution in [1.29, 1.82) is 0 Å². The molecule has 1 aliphatic rings. The molecule has 0 radical (unpaired) electrons. The highest BCUT2D eigenvalue weighted by molar-refractivity contribution is 5.79. The third-order valence-corrected chi connectivity index (χ3v) is 5.48. The second-order valence-electron chi connectivity index (χ2n) is 7.63.